The van der Waals surface area contributed by atoms with Crippen molar-refractivity contribution in [3.05, 3.63) is 59.2 Å². The van der Waals surface area contributed by atoms with E-state index in [9.17, 15) is 17.2 Å². The lowest BCUT2D eigenvalue weighted by Crippen LogP contribution is -2.17. The average molecular weight is 312 g/mol. The second kappa shape index (κ2) is 5.79. The molecule has 0 bridgehead atoms. The van der Waals surface area contributed by atoms with Crippen molar-refractivity contribution in [3.8, 4) is 0 Å². The van der Waals surface area contributed by atoms with Gasteiger partial charge in [0.05, 0.1) is 10.6 Å². The average Bonchev–Trinajstić information content (AvgIpc) is 2.36. The van der Waals surface area contributed by atoms with Crippen molar-refractivity contribution in [2.24, 2.45) is 5.73 Å². The van der Waals surface area contributed by atoms with E-state index in [1.54, 1.807) is 6.92 Å². The molecule has 0 saturated heterocycles. The minimum absolute atomic E-state index is 0.0568. The highest BCUT2D eigenvalue weighted by Crippen LogP contribution is 2.22. The molecule has 2 aromatic rings. The zero-order valence-electron chi connectivity index (χ0n) is 11.2. The van der Waals surface area contributed by atoms with Crippen LogP contribution >= 0.6 is 0 Å². The van der Waals surface area contributed by atoms with Crippen LogP contribution in [0.3, 0.4) is 0 Å². The number of aryl methyl sites for hydroxylation is 1. The Morgan fingerprint density at radius 2 is 1.81 bits per heavy atom. The SMILES string of the molecule is Cc1cc(F)cc(NS(=O)(=O)c2cc(F)ccc2CN)c1. The molecule has 0 aliphatic rings. The fraction of sp³-hybridized carbons (Fsp3) is 0.143. The number of nitrogens with two attached hydrogens (primary N) is 1. The molecule has 0 aromatic heterocycles. The minimum Gasteiger partial charge on any atom is -0.326 e. The largest absolute Gasteiger partial charge is 0.326 e. The quantitative estimate of drug-likeness (QED) is 0.911. The van der Waals surface area contributed by atoms with Crippen molar-refractivity contribution in [1.29, 1.82) is 0 Å². The summed E-state index contributed by atoms with van der Waals surface area (Å²) in [7, 11) is -4.05. The Morgan fingerprint density at radius 1 is 1.10 bits per heavy atom. The van der Waals surface area contributed by atoms with Crippen molar-refractivity contribution >= 4 is 15.7 Å². The molecule has 0 aliphatic heterocycles. The monoisotopic (exact) mass is 312 g/mol. The van der Waals surface area contributed by atoms with Crippen LogP contribution in [0.25, 0.3) is 0 Å². The van der Waals surface area contributed by atoms with Gasteiger partial charge in [-0.3, -0.25) is 4.72 Å². The van der Waals surface area contributed by atoms with Gasteiger partial charge < -0.3 is 5.73 Å². The van der Waals surface area contributed by atoms with E-state index in [-0.39, 0.29) is 22.7 Å². The summed E-state index contributed by atoms with van der Waals surface area (Å²) in [6, 6.07) is 7.12. The first-order valence-electron chi connectivity index (χ1n) is 6.10. The molecule has 2 aromatic carbocycles. The molecule has 3 N–H and O–H groups in total. The van der Waals surface area contributed by atoms with Crippen molar-refractivity contribution in [2.45, 2.75) is 18.4 Å². The van der Waals surface area contributed by atoms with Gasteiger partial charge >= 0.3 is 0 Å². The van der Waals surface area contributed by atoms with Gasteiger partial charge in [-0.1, -0.05) is 6.07 Å². The molecule has 4 nitrogen and oxygen atoms in total. The third-order valence-corrected chi connectivity index (χ3v) is 4.30. The predicted molar refractivity (Wildman–Crippen MR) is 76.2 cm³/mol. The molecule has 0 fully saturated rings. The summed E-state index contributed by atoms with van der Waals surface area (Å²) in [5, 5.41) is 0. The molecule has 0 radical (unpaired) electrons. The van der Waals surface area contributed by atoms with E-state index in [4.69, 9.17) is 5.73 Å². The van der Waals surface area contributed by atoms with Crippen LogP contribution in [-0.4, -0.2) is 8.42 Å². The first-order valence-corrected chi connectivity index (χ1v) is 7.58. The van der Waals surface area contributed by atoms with E-state index in [0.717, 1.165) is 18.2 Å². The molecular weight excluding hydrogens is 298 g/mol. The number of sulfonamides is 1. The molecule has 0 unspecified atom stereocenters. The van der Waals surface area contributed by atoms with Gasteiger partial charge in [-0.15, -0.1) is 0 Å². The van der Waals surface area contributed by atoms with Gasteiger partial charge in [0.2, 0.25) is 0 Å². The Labute approximate surface area is 121 Å². The third-order valence-electron chi connectivity index (χ3n) is 2.83. The number of nitrogens with one attached hydrogen (secondary N) is 1. The Hall–Kier alpha value is -1.99. The fourth-order valence-corrected chi connectivity index (χ4v) is 3.25. The van der Waals surface area contributed by atoms with Crippen LogP contribution in [0.5, 0.6) is 0 Å². The van der Waals surface area contributed by atoms with Crippen molar-refractivity contribution < 1.29 is 17.2 Å². The van der Waals surface area contributed by atoms with E-state index < -0.39 is 21.7 Å². The van der Waals surface area contributed by atoms with Crippen molar-refractivity contribution in [1.82, 2.24) is 0 Å². The molecule has 2 rings (SSSR count). The van der Waals surface area contributed by atoms with Gasteiger partial charge in [0.1, 0.15) is 11.6 Å². The van der Waals surface area contributed by atoms with Gasteiger partial charge in [-0.2, -0.15) is 0 Å². The summed E-state index contributed by atoms with van der Waals surface area (Å²) < 4.78 is 53.4. The second-order valence-corrected chi connectivity index (χ2v) is 6.23. The van der Waals surface area contributed by atoms with E-state index in [2.05, 4.69) is 4.72 Å². The molecule has 21 heavy (non-hydrogen) atoms. The zero-order valence-corrected chi connectivity index (χ0v) is 12.0. The first-order chi connectivity index (χ1) is 9.81. The van der Waals surface area contributed by atoms with E-state index in [1.807, 2.05) is 0 Å². The maximum Gasteiger partial charge on any atom is 0.262 e. The second-order valence-electron chi connectivity index (χ2n) is 4.58. The van der Waals surface area contributed by atoms with E-state index in [0.29, 0.717) is 5.56 Å². The first kappa shape index (κ1) is 15.4. The molecule has 0 spiro atoms. The Balaban J connectivity index is 2.45. The van der Waals surface area contributed by atoms with Crippen LogP contribution in [0.2, 0.25) is 0 Å². The van der Waals surface area contributed by atoms with Crippen LogP contribution in [0.4, 0.5) is 14.5 Å². The Bertz CT molecular complexity index is 756. The topological polar surface area (TPSA) is 72.2 Å². The van der Waals surface area contributed by atoms with Crippen molar-refractivity contribution in [3.63, 3.8) is 0 Å². The third kappa shape index (κ3) is 3.56. The summed E-state index contributed by atoms with van der Waals surface area (Å²) in [6.07, 6.45) is 0. The normalized spacial score (nSPS) is 11.4. The summed E-state index contributed by atoms with van der Waals surface area (Å²) in [5.74, 6) is -1.26. The zero-order chi connectivity index (χ0) is 15.6. The van der Waals surface area contributed by atoms with E-state index >= 15 is 0 Å². The fourth-order valence-electron chi connectivity index (χ4n) is 1.95. The minimum atomic E-state index is -4.05. The predicted octanol–water partition coefficient (Wildman–Crippen LogP) is 2.53. The molecule has 0 aliphatic carbocycles. The molecule has 0 saturated carbocycles. The highest BCUT2D eigenvalue weighted by atomic mass is 32.2. The van der Waals surface area contributed by atoms with Crippen LogP contribution in [0.15, 0.2) is 41.3 Å². The maximum atomic E-state index is 13.3. The molecule has 0 heterocycles. The summed E-state index contributed by atoms with van der Waals surface area (Å²) in [6.45, 7) is 1.58. The number of hydrogen-bond donors (Lipinski definition) is 2. The number of halogens is 2. The van der Waals surface area contributed by atoms with Crippen LogP contribution in [-0.2, 0) is 16.6 Å². The molecule has 0 atom stereocenters. The molecule has 7 heteroatoms. The Morgan fingerprint density at radius 3 is 2.43 bits per heavy atom. The van der Waals surface area contributed by atoms with Gasteiger partial charge in [0.25, 0.3) is 10.0 Å². The number of anilines is 1. The van der Waals surface area contributed by atoms with Crippen LogP contribution in [0, 0.1) is 18.6 Å². The summed E-state index contributed by atoms with van der Waals surface area (Å²) >= 11 is 0. The Kier molecular flexibility index (Phi) is 4.24. The van der Waals surface area contributed by atoms with Crippen LogP contribution < -0.4 is 10.5 Å². The number of hydrogen-bond acceptors (Lipinski definition) is 3. The van der Waals surface area contributed by atoms with Crippen LogP contribution in [0.1, 0.15) is 11.1 Å². The highest BCUT2D eigenvalue weighted by Gasteiger charge is 2.19. The van der Waals surface area contributed by atoms with Crippen molar-refractivity contribution in [2.75, 3.05) is 4.72 Å². The lowest BCUT2D eigenvalue weighted by Gasteiger charge is -2.12. The lowest BCUT2D eigenvalue weighted by atomic mass is 10.2. The summed E-state index contributed by atoms with van der Waals surface area (Å²) in [4.78, 5) is -0.257. The standard InChI is InChI=1S/C14H14F2N2O2S/c1-9-4-12(16)6-13(5-9)18-21(19,20)14-7-11(15)3-2-10(14)8-17/h2-7,18H,8,17H2,1H3. The van der Waals surface area contributed by atoms with Gasteiger partial charge in [0.15, 0.2) is 0 Å². The number of benzene rings is 2. The van der Waals surface area contributed by atoms with E-state index in [1.165, 1.54) is 18.2 Å². The molecular formula is C14H14F2N2O2S. The lowest BCUT2D eigenvalue weighted by molar-refractivity contribution is 0.593. The summed E-state index contributed by atoms with van der Waals surface area (Å²) in [5.41, 5.74) is 6.37. The molecule has 112 valence electrons. The van der Waals surface area contributed by atoms with Gasteiger partial charge in [-0.25, -0.2) is 17.2 Å². The highest BCUT2D eigenvalue weighted by molar-refractivity contribution is 7.92. The smallest absolute Gasteiger partial charge is 0.262 e. The van der Waals surface area contributed by atoms with Gasteiger partial charge in [0, 0.05) is 6.54 Å². The molecule has 0 amide bonds. The maximum absolute atomic E-state index is 13.3. The van der Waals surface area contributed by atoms with Gasteiger partial charge in [-0.05, 0) is 48.4 Å². The number of rotatable bonds is 4.